The normalized spacial score (nSPS) is 14.6. The molecule has 1 aliphatic rings. The van der Waals surface area contributed by atoms with Gasteiger partial charge < -0.3 is 15.2 Å². The van der Waals surface area contributed by atoms with Crippen molar-refractivity contribution in [3.63, 3.8) is 0 Å². The number of allylic oxidation sites excluding steroid dienone is 1. The van der Waals surface area contributed by atoms with E-state index in [0.717, 1.165) is 13.0 Å². The average molecular weight is 275 g/mol. The van der Waals surface area contributed by atoms with Gasteiger partial charge in [-0.3, -0.25) is 0 Å². The number of aromatic carboxylic acids is 1. The van der Waals surface area contributed by atoms with Crippen LogP contribution in [0.3, 0.4) is 0 Å². The van der Waals surface area contributed by atoms with Gasteiger partial charge in [0.25, 0.3) is 0 Å². The molecular weight excluding hydrogens is 254 g/mol. The predicted molar refractivity (Wildman–Crippen MR) is 79.6 cm³/mol. The van der Waals surface area contributed by atoms with Crippen LogP contribution in [0.5, 0.6) is 5.75 Å². The molecule has 0 spiro atoms. The summed E-state index contributed by atoms with van der Waals surface area (Å²) in [7, 11) is 1.58. The highest BCUT2D eigenvalue weighted by Crippen LogP contribution is 2.24. The van der Waals surface area contributed by atoms with Crippen molar-refractivity contribution in [2.45, 2.75) is 32.1 Å². The predicted octanol–water partition coefficient (Wildman–Crippen LogP) is 3.70. The van der Waals surface area contributed by atoms with E-state index in [-0.39, 0.29) is 5.56 Å². The molecule has 1 aliphatic carbocycles. The first kappa shape index (κ1) is 14.4. The van der Waals surface area contributed by atoms with Crippen molar-refractivity contribution in [1.29, 1.82) is 0 Å². The third-order valence-electron chi connectivity index (χ3n) is 3.60. The number of rotatable bonds is 6. The Labute approximate surface area is 119 Å². The summed E-state index contributed by atoms with van der Waals surface area (Å²) in [5, 5.41) is 12.4. The van der Waals surface area contributed by atoms with E-state index >= 15 is 0 Å². The standard InChI is InChI=1S/C16H21NO3/c1-20-13-7-8-14(16(18)19)15(11-13)17-10-9-12-5-3-2-4-6-12/h5,7-8,11,17H,2-4,6,9-10H2,1H3,(H,18,19). The molecule has 0 atom stereocenters. The molecule has 0 unspecified atom stereocenters. The lowest BCUT2D eigenvalue weighted by Crippen LogP contribution is -2.09. The van der Waals surface area contributed by atoms with Crippen molar-refractivity contribution in [3.8, 4) is 5.75 Å². The lowest BCUT2D eigenvalue weighted by atomic mass is 9.97. The van der Waals surface area contributed by atoms with E-state index < -0.39 is 5.97 Å². The number of hydrogen-bond acceptors (Lipinski definition) is 3. The molecule has 108 valence electrons. The van der Waals surface area contributed by atoms with Crippen LogP contribution in [-0.2, 0) is 0 Å². The Morgan fingerprint density at radius 1 is 1.40 bits per heavy atom. The zero-order valence-corrected chi connectivity index (χ0v) is 11.8. The van der Waals surface area contributed by atoms with Crippen LogP contribution in [0.25, 0.3) is 0 Å². The molecular formula is C16H21NO3. The zero-order chi connectivity index (χ0) is 14.4. The number of carboxylic acids is 1. The first-order chi connectivity index (χ1) is 9.70. The van der Waals surface area contributed by atoms with Crippen LogP contribution < -0.4 is 10.1 Å². The molecule has 1 aromatic rings. The van der Waals surface area contributed by atoms with Crippen molar-refractivity contribution in [2.24, 2.45) is 0 Å². The van der Waals surface area contributed by atoms with Crippen LogP contribution in [0, 0.1) is 0 Å². The second kappa shape index (κ2) is 6.98. The van der Waals surface area contributed by atoms with Crippen molar-refractivity contribution < 1.29 is 14.6 Å². The summed E-state index contributed by atoms with van der Waals surface area (Å²) in [4.78, 5) is 11.2. The van der Waals surface area contributed by atoms with E-state index in [4.69, 9.17) is 4.74 Å². The summed E-state index contributed by atoms with van der Waals surface area (Å²) in [5.41, 5.74) is 2.38. The lowest BCUT2D eigenvalue weighted by molar-refractivity contribution is 0.0698. The summed E-state index contributed by atoms with van der Waals surface area (Å²) >= 11 is 0. The van der Waals surface area contributed by atoms with Gasteiger partial charge in [0.2, 0.25) is 0 Å². The molecule has 2 rings (SSSR count). The molecule has 4 nitrogen and oxygen atoms in total. The Morgan fingerprint density at radius 2 is 2.25 bits per heavy atom. The summed E-state index contributed by atoms with van der Waals surface area (Å²) in [5.74, 6) is -0.263. The van der Waals surface area contributed by atoms with Gasteiger partial charge in [-0.2, -0.15) is 0 Å². The molecule has 0 saturated heterocycles. The second-order valence-electron chi connectivity index (χ2n) is 5.00. The summed E-state index contributed by atoms with van der Waals surface area (Å²) in [6.07, 6.45) is 8.19. The highest BCUT2D eigenvalue weighted by molar-refractivity contribution is 5.94. The minimum atomic E-state index is -0.924. The molecule has 0 saturated carbocycles. The number of ether oxygens (including phenoxy) is 1. The van der Waals surface area contributed by atoms with E-state index in [1.807, 2.05) is 0 Å². The van der Waals surface area contributed by atoms with E-state index in [2.05, 4.69) is 11.4 Å². The van der Waals surface area contributed by atoms with Gasteiger partial charge in [-0.15, -0.1) is 0 Å². The second-order valence-corrected chi connectivity index (χ2v) is 5.00. The minimum absolute atomic E-state index is 0.281. The van der Waals surface area contributed by atoms with Crippen molar-refractivity contribution in [3.05, 3.63) is 35.4 Å². The maximum absolute atomic E-state index is 11.2. The fourth-order valence-electron chi connectivity index (χ4n) is 2.47. The van der Waals surface area contributed by atoms with Gasteiger partial charge in [-0.1, -0.05) is 11.6 Å². The number of hydrogen-bond donors (Lipinski definition) is 2. The summed E-state index contributed by atoms with van der Waals surface area (Å²) in [6.45, 7) is 0.749. The first-order valence-corrected chi connectivity index (χ1v) is 7.04. The quantitative estimate of drug-likeness (QED) is 0.777. The molecule has 0 fully saturated rings. The van der Waals surface area contributed by atoms with E-state index in [9.17, 15) is 9.90 Å². The molecule has 2 N–H and O–H groups in total. The Morgan fingerprint density at radius 3 is 2.90 bits per heavy atom. The van der Waals surface area contributed by atoms with Gasteiger partial charge in [0.05, 0.1) is 18.4 Å². The minimum Gasteiger partial charge on any atom is -0.497 e. The van der Waals surface area contributed by atoms with Gasteiger partial charge in [-0.05, 0) is 44.2 Å². The Balaban J connectivity index is 2.00. The van der Waals surface area contributed by atoms with Gasteiger partial charge in [0.1, 0.15) is 5.75 Å². The smallest absolute Gasteiger partial charge is 0.337 e. The van der Waals surface area contributed by atoms with Gasteiger partial charge >= 0.3 is 5.97 Å². The van der Waals surface area contributed by atoms with Crippen molar-refractivity contribution in [1.82, 2.24) is 0 Å². The third kappa shape index (κ3) is 3.76. The van der Waals surface area contributed by atoms with E-state index in [1.54, 1.807) is 25.3 Å². The van der Waals surface area contributed by atoms with Crippen LogP contribution in [0.15, 0.2) is 29.8 Å². The van der Waals surface area contributed by atoms with Crippen LogP contribution in [0.4, 0.5) is 5.69 Å². The van der Waals surface area contributed by atoms with Crippen molar-refractivity contribution >= 4 is 11.7 Å². The SMILES string of the molecule is COc1ccc(C(=O)O)c(NCCC2=CCCCC2)c1. The zero-order valence-electron chi connectivity index (χ0n) is 11.8. The number of carboxylic acid groups (broad SMARTS) is 1. The highest BCUT2D eigenvalue weighted by Gasteiger charge is 2.11. The lowest BCUT2D eigenvalue weighted by Gasteiger charge is -2.15. The Hall–Kier alpha value is -1.97. The number of benzene rings is 1. The first-order valence-electron chi connectivity index (χ1n) is 7.04. The molecule has 1 aromatic carbocycles. The van der Waals surface area contributed by atoms with Gasteiger partial charge in [0.15, 0.2) is 0 Å². The van der Waals surface area contributed by atoms with Crippen LogP contribution in [-0.4, -0.2) is 24.7 Å². The summed E-state index contributed by atoms with van der Waals surface area (Å²) in [6, 6.07) is 4.97. The highest BCUT2D eigenvalue weighted by atomic mass is 16.5. The molecule has 20 heavy (non-hydrogen) atoms. The Kier molecular flexibility index (Phi) is 5.04. The fraction of sp³-hybridized carbons (Fsp3) is 0.438. The van der Waals surface area contributed by atoms with Crippen LogP contribution in [0.1, 0.15) is 42.5 Å². The van der Waals surface area contributed by atoms with Gasteiger partial charge in [-0.25, -0.2) is 4.79 Å². The molecule has 0 heterocycles. The molecule has 0 aromatic heterocycles. The number of carbonyl (C=O) groups is 1. The number of nitrogens with one attached hydrogen (secondary N) is 1. The number of methoxy groups -OCH3 is 1. The molecule has 4 heteroatoms. The van der Waals surface area contributed by atoms with Gasteiger partial charge in [0, 0.05) is 12.6 Å². The maximum Gasteiger partial charge on any atom is 0.337 e. The van der Waals surface area contributed by atoms with Crippen molar-refractivity contribution in [2.75, 3.05) is 19.0 Å². The summed E-state index contributed by atoms with van der Waals surface area (Å²) < 4.78 is 5.14. The largest absolute Gasteiger partial charge is 0.497 e. The fourth-order valence-corrected chi connectivity index (χ4v) is 2.47. The monoisotopic (exact) mass is 275 g/mol. The molecule has 0 bridgehead atoms. The number of anilines is 1. The van der Waals surface area contributed by atoms with Crippen LogP contribution >= 0.6 is 0 Å². The van der Waals surface area contributed by atoms with E-state index in [1.165, 1.54) is 31.3 Å². The van der Waals surface area contributed by atoms with E-state index in [0.29, 0.717) is 11.4 Å². The third-order valence-corrected chi connectivity index (χ3v) is 3.60. The molecule has 0 aliphatic heterocycles. The topological polar surface area (TPSA) is 58.6 Å². The Bertz CT molecular complexity index is 508. The average Bonchev–Trinajstić information content (AvgIpc) is 2.48. The van der Waals surface area contributed by atoms with Crippen LogP contribution in [0.2, 0.25) is 0 Å². The molecule has 0 radical (unpaired) electrons. The maximum atomic E-state index is 11.2. The molecule has 0 amide bonds.